The molecule has 0 radical (unpaired) electrons. The third-order valence-corrected chi connectivity index (χ3v) is 2.37. The molecule has 0 fully saturated rings. The van der Waals surface area contributed by atoms with Crippen LogP contribution in [0.4, 0.5) is 0 Å². The van der Waals surface area contributed by atoms with Gasteiger partial charge in [0.15, 0.2) is 0 Å². The van der Waals surface area contributed by atoms with Crippen LogP contribution in [0.3, 0.4) is 0 Å². The predicted octanol–water partition coefficient (Wildman–Crippen LogP) is -0.204. The maximum atomic E-state index is 4.59. The summed E-state index contributed by atoms with van der Waals surface area (Å²) in [5, 5.41) is 0. The second-order valence-corrected chi connectivity index (χ2v) is 3.60. The minimum Gasteiger partial charge on any atom is -0.813 e. The van der Waals surface area contributed by atoms with Gasteiger partial charge in [0.2, 0.25) is 0 Å². The van der Waals surface area contributed by atoms with Crippen molar-refractivity contribution in [1.29, 1.82) is 0 Å². The molecule has 0 aliphatic heterocycles. The molecule has 13 heavy (non-hydrogen) atoms. The minimum absolute atomic E-state index is 0. The number of benzene rings is 1. The topological polar surface area (TPSA) is 0 Å². The molecule has 0 spiro atoms. The van der Waals surface area contributed by atoms with Crippen molar-refractivity contribution in [2.24, 2.45) is 0 Å². The molecule has 0 aliphatic carbocycles. The van der Waals surface area contributed by atoms with Crippen molar-refractivity contribution in [2.45, 2.75) is 12.7 Å². The third-order valence-electron chi connectivity index (χ3n) is 1.42. The normalized spacial score (nSPS) is 8.08. The Morgan fingerprint density at radius 1 is 1.31 bits per heavy atom. The predicted molar refractivity (Wildman–Crippen MR) is 63.8 cm³/mol. The zero-order valence-electron chi connectivity index (χ0n) is 7.78. The molecule has 0 unspecified atom stereocenters. The first-order chi connectivity index (χ1) is 5.33. The summed E-state index contributed by atoms with van der Waals surface area (Å²) >= 11 is 6.12. The van der Waals surface area contributed by atoms with Crippen LogP contribution in [0.2, 0.25) is 0 Å². The van der Waals surface area contributed by atoms with Crippen LogP contribution in [0.15, 0.2) is 24.3 Å². The number of thiocarbonyl (C=S) groups is 1. The Morgan fingerprint density at radius 2 is 1.85 bits per heavy atom. The number of hydrogen-bond donors (Lipinski definition) is 0. The zero-order chi connectivity index (χ0) is 8.10. The Labute approximate surface area is 119 Å². The Bertz CT molecular complexity index is 233. The van der Waals surface area contributed by atoms with Crippen molar-refractivity contribution in [3.63, 3.8) is 0 Å². The van der Waals surface area contributed by atoms with E-state index in [-0.39, 0.29) is 43.1 Å². The largest absolute Gasteiger partial charge is 1.00 e. The van der Waals surface area contributed by atoms with Gasteiger partial charge in [-0.1, -0.05) is 29.8 Å². The van der Waals surface area contributed by atoms with Gasteiger partial charge in [-0.15, -0.1) is 0 Å². The van der Waals surface area contributed by atoms with Crippen molar-refractivity contribution in [3.05, 3.63) is 35.4 Å². The molecule has 1 aromatic rings. The summed E-state index contributed by atoms with van der Waals surface area (Å²) in [5.41, 5.74) is 2.60. The maximum Gasteiger partial charge on any atom is 1.00 e. The molecule has 0 saturated heterocycles. The van der Waals surface area contributed by atoms with Crippen LogP contribution in [-0.2, 0) is 19.2 Å². The number of thioether (sulfide) groups is 1. The molecule has 0 heterocycles. The molecule has 66 valence electrons. The van der Waals surface area contributed by atoms with E-state index in [2.05, 4.69) is 48.1 Å². The zero-order valence-corrected chi connectivity index (χ0v) is 12.3. The SMILES string of the molecule is Cc1ccc(CS[C-]=S)cc1.[Na+].[SH-]. The fourth-order valence-electron chi connectivity index (χ4n) is 0.797. The van der Waals surface area contributed by atoms with Crippen LogP contribution < -0.4 is 29.6 Å². The van der Waals surface area contributed by atoms with Gasteiger partial charge in [-0.3, -0.25) is 0 Å². The molecule has 0 bridgehead atoms. The fraction of sp³-hybridized carbons (Fsp3) is 0.222. The van der Waals surface area contributed by atoms with Gasteiger partial charge in [0.25, 0.3) is 0 Å². The number of thiol groups is 1. The molecule has 0 nitrogen and oxygen atoms in total. The standard InChI is InChI=1S/C9H9S2.Na.H2S/c1-8-2-4-9(5-3-8)6-11-7-10;;/h2-5H,6H2,1H3;;1H2/q-1;+1;/p-1. The maximum absolute atomic E-state index is 4.59. The van der Waals surface area contributed by atoms with E-state index in [1.807, 2.05) is 0 Å². The molecule has 1 aromatic carbocycles. The summed E-state index contributed by atoms with van der Waals surface area (Å²) in [6, 6.07) is 8.46. The number of hydrogen-bond acceptors (Lipinski definition) is 3. The first-order valence-corrected chi connectivity index (χ1v) is 4.77. The first-order valence-electron chi connectivity index (χ1n) is 3.37. The summed E-state index contributed by atoms with van der Waals surface area (Å²) in [6.07, 6.45) is 0. The molecule has 1 rings (SSSR count). The van der Waals surface area contributed by atoms with Crippen LogP contribution in [0.25, 0.3) is 0 Å². The molecule has 0 aliphatic rings. The second-order valence-electron chi connectivity index (χ2n) is 2.36. The quantitative estimate of drug-likeness (QED) is 0.235. The van der Waals surface area contributed by atoms with Crippen molar-refractivity contribution < 1.29 is 29.6 Å². The van der Waals surface area contributed by atoms with Crippen LogP contribution >= 0.6 is 24.0 Å². The van der Waals surface area contributed by atoms with E-state index in [9.17, 15) is 0 Å². The molecule has 0 saturated carbocycles. The van der Waals surface area contributed by atoms with Crippen LogP contribution in [0.5, 0.6) is 0 Å². The first kappa shape index (κ1) is 16.4. The van der Waals surface area contributed by atoms with Gasteiger partial charge in [-0.05, 0) is 18.2 Å². The van der Waals surface area contributed by atoms with Gasteiger partial charge in [0.1, 0.15) is 0 Å². The van der Waals surface area contributed by atoms with E-state index < -0.39 is 0 Å². The summed E-state index contributed by atoms with van der Waals surface area (Å²) in [7, 11) is 0. The van der Waals surface area contributed by atoms with E-state index in [1.54, 1.807) is 0 Å². The minimum atomic E-state index is 0. The van der Waals surface area contributed by atoms with Gasteiger partial charge in [0, 0.05) is 0 Å². The summed E-state index contributed by atoms with van der Waals surface area (Å²) in [5.74, 6) is 0.934. The van der Waals surface area contributed by atoms with E-state index >= 15 is 0 Å². The monoisotopic (exact) mass is 237 g/mol. The van der Waals surface area contributed by atoms with Crippen molar-refractivity contribution in [1.82, 2.24) is 0 Å². The van der Waals surface area contributed by atoms with Crippen molar-refractivity contribution >= 4 is 42.2 Å². The Hall–Kier alpha value is 1.01. The van der Waals surface area contributed by atoms with E-state index in [0.717, 1.165) is 5.75 Å². The summed E-state index contributed by atoms with van der Waals surface area (Å²) < 4.78 is 2.63. The third kappa shape index (κ3) is 7.00. The van der Waals surface area contributed by atoms with Gasteiger partial charge < -0.3 is 42.2 Å². The van der Waals surface area contributed by atoms with E-state index in [0.29, 0.717) is 0 Å². The van der Waals surface area contributed by atoms with E-state index in [1.165, 1.54) is 22.9 Å². The molecule has 0 N–H and O–H groups in total. The fourth-order valence-corrected chi connectivity index (χ4v) is 1.39. The molecule has 0 amide bonds. The van der Waals surface area contributed by atoms with E-state index in [4.69, 9.17) is 0 Å². The average molecular weight is 237 g/mol. The van der Waals surface area contributed by atoms with Crippen LogP contribution in [0.1, 0.15) is 11.1 Å². The van der Waals surface area contributed by atoms with Crippen LogP contribution in [0, 0.1) is 6.92 Å². The van der Waals surface area contributed by atoms with Gasteiger partial charge in [-0.25, -0.2) is 0 Å². The second kappa shape index (κ2) is 9.56. The van der Waals surface area contributed by atoms with Crippen molar-refractivity contribution in [2.75, 3.05) is 0 Å². The average Bonchev–Trinajstić information content (AvgIpc) is 2.04. The van der Waals surface area contributed by atoms with Gasteiger partial charge in [0.05, 0.1) is 0 Å². The Morgan fingerprint density at radius 3 is 2.31 bits per heavy atom. The van der Waals surface area contributed by atoms with Crippen molar-refractivity contribution in [3.8, 4) is 0 Å². The Balaban J connectivity index is 0. The number of aryl methyl sites for hydroxylation is 1. The van der Waals surface area contributed by atoms with Gasteiger partial charge in [-0.2, -0.15) is 0 Å². The smallest absolute Gasteiger partial charge is 0.813 e. The van der Waals surface area contributed by atoms with Crippen LogP contribution in [-0.4, -0.2) is 4.70 Å². The molecular weight excluding hydrogens is 227 g/mol. The summed E-state index contributed by atoms with van der Waals surface area (Å²) in [6.45, 7) is 2.09. The summed E-state index contributed by atoms with van der Waals surface area (Å²) in [4.78, 5) is 0. The molecule has 4 heteroatoms. The molecule has 0 aromatic heterocycles. The van der Waals surface area contributed by atoms with Gasteiger partial charge >= 0.3 is 29.6 Å². The molecular formula is C9H10NaS3-. The number of rotatable bonds is 3. The Kier molecular flexibility index (Phi) is 12.1. The molecule has 0 atom stereocenters.